The minimum absolute atomic E-state index is 0.452. The fraction of sp³-hybridized carbons (Fsp3) is 0.533. The van der Waals surface area contributed by atoms with Crippen LogP contribution in [0.5, 0.6) is 0 Å². The summed E-state index contributed by atoms with van der Waals surface area (Å²) in [6.45, 7) is 0.743. The smallest absolute Gasteiger partial charge is 0.252 e. The van der Waals surface area contributed by atoms with Gasteiger partial charge in [-0.2, -0.15) is 0 Å². The van der Waals surface area contributed by atoms with Crippen LogP contribution in [0, 0.1) is 0 Å². The van der Waals surface area contributed by atoms with E-state index in [1.54, 1.807) is 12.1 Å². The Balaban J connectivity index is 2.17. The quantitative estimate of drug-likeness (QED) is 0.648. The molecular formula is C15H20BrClN2O. The Bertz CT molecular complexity index is 501. The average molecular weight is 360 g/mol. The zero-order chi connectivity index (χ0) is 14.7. The molecule has 0 spiro atoms. The molecule has 0 aliphatic heterocycles. The molecule has 110 valence electrons. The maximum Gasteiger partial charge on any atom is 0.252 e. The predicted octanol–water partition coefficient (Wildman–Crippen LogP) is 4.17. The van der Waals surface area contributed by atoms with Crippen LogP contribution in [0.1, 0.15) is 48.0 Å². The largest absolute Gasteiger partial charge is 0.398 e. The average Bonchev–Trinajstić information content (AvgIpc) is 2.44. The van der Waals surface area contributed by atoms with Crippen LogP contribution >= 0.6 is 27.5 Å². The summed E-state index contributed by atoms with van der Waals surface area (Å²) in [5.41, 5.74) is 8.23. The van der Waals surface area contributed by atoms with E-state index in [9.17, 15) is 4.79 Å². The Hall–Kier alpha value is -0.580. The summed E-state index contributed by atoms with van der Waals surface area (Å²) >= 11 is 8.97. The van der Waals surface area contributed by atoms with Gasteiger partial charge < -0.3 is 5.73 Å². The minimum atomic E-state index is -0.452. The lowest BCUT2D eigenvalue weighted by atomic mass is 9.94. The number of halogens is 2. The van der Waals surface area contributed by atoms with Crippen molar-refractivity contribution in [2.45, 2.75) is 44.7 Å². The first-order valence-corrected chi connectivity index (χ1v) is 8.14. The summed E-state index contributed by atoms with van der Waals surface area (Å²) in [4.78, 5) is 13.7. The second kappa shape index (κ2) is 6.92. The molecule has 2 rings (SSSR count). The molecule has 0 saturated heterocycles. The van der Waals surface area contributed by atoms with Crippen molar-refractivity contribution in [1.29, 1.82) is 0 Å². The fourth-order valence-corrected chi connectivity index (χ4v) is 3.45. The summed E-state index contributed by atoms with van der Waals surface area (Å²) < 4.78 is 0.732. The van der Waals surface area contributed by atoms with Gasteiger partial charge in [-0.3, -0.25) is 9.69 Å². The molecule has 2 N–H and O–H groups in total. The lowest BCUT2D eigenvalue weighted by Gasteiger charge is -2.31. The number of hydrogen-bond acceptors (Lipinski definition) is 3. The van der Waals surface area contributed by atoms with E-state index in [4.69, 9.17) is 17.3 Å². The van der Waals surface area contributed by atoms with Gasteiger partial charge in [0.25, 0.3) is 5.24 Å². The molecule has 1 aromatic rings. The highest BCUT2D eigenvalue weighted by atomic mass is 79.9. The van der Waals surface area contributed by atoms with Crippen molar-refractivity contribution in [2.24, 2.45) is 0 Å². The Morgan fingerprint density at radius 1 is 1.40 bits per heavy atom. The molecule has 0 unspecified atom stereocenters. The number of carbonyl (C=O) groups is 1. The van der Waals surface area contributed by atoms with Gasteiger partial charge in [-0.05, 0) is 65.1 Å². The Kier molecular flexibility index (Phi) is 5.47. The molecular weight excluding hydrogens is 340 g/mol. The van der Waals surface area contributed by atoms with Gasteiger partial charge in [0.15, 0.2) is 0 Å². The third-order valence-electron chi connectivity index (χ3n) is 4.06. The first-order valence-electron chi connectivity index (χ1n) is 6.97. The van der Waals surface area contributed by atoms with Crippen molar-refractivity contribution < 1.29 is 4.79 Å². The van der Waals surface area contributed by atoms with Crippen LogP contribution in [0.15, 0.2) is 16.6 Å². The molecule has 1 aliphatic rings. The molecule has 0 amide bonds. The van der Waals surface area contributed by atoms with Crippen LogP contribution in [-0.4, -0.2) is 23.2 Å². The van der Waals surface area contributed by atoms with Crippen LogP contribution in [0.3, 0.4) is 0 Å². The Morgan fingerprint density at radius 2 is 2.05 bits per heavy atom. The molecule has 20 heavy (non-hydrogen) atoms. The highest BCUT2D eigenvalue weighted by molar-refractivity contribution is 9.10. The number of anilines is 1. The maximum atomic E-state index is 11.3. The summed E-state index contributed by atoms with van der Waals surface area (Å²) in [6.07, 6.45) is 6.43. The van der Waals surface area contributed by atoms with E-state index >= 15 is 0 Å². The van der Waals surface area contributed by atoms with Gasteiger partial charge in [-0.15, -0.1) is 0 Å². The second-order valence-electron chi connectivity index (χ2n) is 5.51. The van der Waals surface area contributed by atoms with E-state index in [1.165, 1.54) is 32.1 Å². The van der Waals surface area contributed by atoms with Crippen molar-refractivity contribution in [1.82, 2.24) is 4.90 Å². The monoisotopic (exact) mass is 358 g/mol. The van der Waals surface area contributed by atoms with E-state index in [0.717, 1.165) is 16.6 Å². The molecule has 0 heterocycles. The molecule has 1 aliphatic carbocycles. The molecule has 1 aromatic carbocycles. The number of nitrogens with two attached hydrogens (primary N) is 1. The lowest BCUT2D eigenvalue weighted by Crippen LogP contribution is -2.33. The van der Waals surface area contributed by atoms with Gasteiger partial charge in [0.05, 0.1) is 5.69 Å². The van der Waals surface area contributed by atoms with Gasteiger partial charge in [0.2, 0.25) is 0 Å². The second-order valence-corrected chi connectivity index (χ2v) is 6.71. The predicted molar refractivity (Wildman–Crippen MR) is 87.1 cm³/mol. The molecule has 1 saturated carbocycles. The SMILES string of the molecule is CN(Cc1cc(C(=O)Cl)cc(Br)c1N)C1CCCCC1. The number of hydrogen-bond donors (Lipinski definition) is 1. The third kappa shape index (κ3) is 3.74. The molecule has 1 fully saturated rings. The van der Waals surface area contributed by atoms with Gasteiger partial charge >= 0.3 is 0 Å². The fourth-order valence-electron chi connectivity index (χ4n) is 2.84. The normalized spacial score (nSPS) is 16.6. The van der Waals surface area contributed by atoms with E-state index in [1.807, 2.05) is 0 Å². The van der Waals surface area contributed by atoms with Crippen molar-refractivity contribution in [2.75, 3.05) is 12.8 Å². The van der Waals surface area contributed by atoms with Crippen LogP contribution in [0.2, 0.25) is 0 Å². The summed E-state index contributed by atoms with van der Waals surface area (Å²) in [7, 11) is 2.12. The van der Waals surface area contributed by atoms with Crippen molar-refractivity contribution in [3.63, 3.8) is 0 Å². The zero-order valence-electron chi connectivity index (χ0n) is 11.7. The zero-order valence-corrected chi connectivity index (χ0v) is 14.0. The molecule has 0 aromatic heterocycles. The highest BCUT2D eigenvalue weighted by Crippen LogP contribution is 2.29. The van der Waals surface area contributed by atoms with Crippen LogP contribution < -0.4 is 5.73 Å². The van der Waals surface area contributed by atoms with Gasteiger partial charge in [-0.25, -0.2) is 0 Å². The molecule has 0 atom stereocenters. The van der Waals surface area contributed by atoms with Crippen LogP contribution in [-0.2, 0) is 6.54 Å². The number of carbonyl (C=O) groups excluding carboxylic acids is 1. The molecule has 3 nitrogen and oxygen atoms in total. The van der Waals surface area contributed by atoms with Crippen molar-refractivity contribution >= 4 is 38.5 Å². The first kappa shape index (κ1) is 15.8. The number of benzene rings is 1. The highest BCUT2D eigenvalue weighted by Gasteiger charge is 2.19. The molecule has 0 bridgehead atoms. The molecule has 5 heteroatoms. The summed E-state index contributed by atoms with van der Waals surface area (Å²) in [6, 6.07) is 4.08. The van der Waals surface area contributed by atoms with Crippen molar-refractivity contribution in [3.05, 3.63) is 27.7 Å². The Morgan fingerprint density at radius 3 is 2.65 bits per heavy atom. The lowest BCUT2D eigenvalue weighted by molar-refractivity contribution is 0.108. The first-order chi connectivity index (χ1) is 9.49. The Labute approximate surface area is 133 Å². The van der Waals surface area contributed by atoms with Gasteiger partial charge in [-0.1, -0.05) is 19.3 Å². The van der Waals surface area contributed by atoms with Crippen LogP contribution in [0.4, 0.5) is 5.69 Å². The van der Waals surface area contributed by atoms with Crippen molar-refractivity contribution in [3.8, 4) is 0 Å². The topological polar surface area (TPSA) is 46.3 Å². The van der Waals surface area contributed by atoms with E-state index in [0.29, 0.717) is 17.3 Å². The number of rotatable bonds is 4. The summed E-state index contributed by atoms with van der Waals surface area (Å²) in [5, 5.41) is -0.452. The van der Waals surface area contributed by atoms with Gasteiger partial charge in [0.1, 0.15) is 0 Å². The van der Waals surface area contributed by atoms with E-state index in [2.05, 4.69) is 27.9 Å². The molecule has 0 radical (unpaired) electrons. The number of nitrogen functional groups attached to an aromatic ring is 1. The summed E-state index contributed by atoms with van der Waals surface area (Å²) in [5.74, 6) is 0. The van der Waals surface area contributed by atoms with E-state index < -0.39 is 5.24 Å². The number of nitrogens with zero attached hydrogens (tertiary/aromatic N) is 1. The standard InChI is InChI=1S/C15H20BrClN2O/c1-19(12-5-3-2-4-6-12)9-11-7-10(15(17)20)8-13(16)14(11)18/h7-8,12H,2-6,9,18H2,1H3. The third-order valence-corrected chi connectivity index (χ3v) is 4.93. The maximum absolute atomic E-state index is 11.3. The van der Waals surface area contributed by atoms with E-state index in [-0.39, 0.29) is 0 Å². The van der Waals surface area contributed by atoms with Crippen LogP contribution in [0.25, 0.3) is 0 Å². The minimum Gasteiger partial charge on any atom is -0.398 e. The van der Waals surface area contributed by atoms with Gasteiger partial charge in [0, 0.05) is 22.6 Å².